The number of imidazole rings is 1. The van der Waals surface area contributed by atoms with E-state index in [0.29, 0.717) is 13.2 Å². The van der Waals surface area contributed by atoms with Crippen LogP contribution < -0.4 is 10.1 Å². The second-order valence-electron chi connectivity index (χ2n) is 7.23. The number of amides is 1. The lowest BCUT2D eigenvalue weighted by molar-refractivity contribution is -0.129. The molecule has 0 bridgehead atoms. The van der Waals surface area contributed by atoms with E-state index in [1.807, 2.05) is 58.9 Å². The van der Waals surface area contributed by atoms with Gasteiger partial charge in [-0.1, -0.05) is 18.2 Å². The van der Waals surface area contributed by atoms with Gasteiger partial charge < -0.3 is 19.4 Å². The first-order valence-corrected chi connectivity index (χ1v) is 9.81. The number of benzene rings is 1. The van der Waals surface area contributed by atoms with Crippen molar-refractivity contribution in [3.8, 4) is 5.75 Å². The van der Waals surface area contributed by atoms with Crippen LogP contribution in [-0.2, 0) is 17.9 Å². The van der Waals surface area contributed by atoms with Crippen molar-refractivity contribution >= 4 is 11.6 Å². The van der Waals surface area contributed by atoms with Crippen molar-refractivity contribution in [1.82, 2.24) is 19.6 Å². The molecular weight excluding hydrogens is 352 g/mol. The lowest BCUT2D eigenvalue weighted by Crippen LogP contribution is -2.37. The molecular formula is C22H26N4O2. The number of hydrogen-bond donors (Lipinski definition) is 1. The Labute approximate surface area is 165 Å². The molecule has 1 atom stereocenters. The lowest BCUT2D eigenvalue weighted by Gasteiger charge is -2.14. The first kappa shape index (κ1) is 18.5. The van der Waals surface area contributed by atoms with Crippen molar-refractivity contribution in [2.45, 2.75) is 39.5 Å². The topological polar surface area (TPSA) is 58.9 Å². The minimum Gasteiger partial charge on any atom is -0.487 e. The molecule has 1 aliphatic heterocycles. The summed E-state index contributed by atoms with van der Waals surface area (Å²) in [7, 11) is 0. The number of rotatable bonds is 7. The van der Waals surface area contributed by atoms with Gasteiger partial charge in [0.05, 0.1) is 11.7 Å². The molecule has 1 N–H and O–H groups in total. The van der Waals surface area contributed by atoms with Gasteiger partial charge in [0.1, 0.15) is 18.0 Å². The monoisotopic (exact) mass is 378 g/mol. The van der Waals surface area contributed by atoms with Crippen LogP contribution in [0.15, 0.2) is 48.8 Å². The van der Waals surface area contributed by atoms with Crippen molar-refractivity contribution in [1.29, 1.82) is 0 Å². The van der Waals surface area contributed by atoms with Crippen LogP contribution in [0, 0.1) is 6.92 Å². The maximum Gasteiger partial charge on any atom is 0.239 e. The van der Waals surface area contributed by atoms with E-state index in [1.165, 1.54) is 0 Å². The Hall–Kier alpha value is -2.86. The largest absolute Gasteiger partial charge is 0.487 e. The summed E-state index contributed by atoms with van der Waals surface area (Å²) in [4.78, 5) is 18.7. The van der Waals surface area contributed by atoms with Crippen LogP contribution in [0.2, 0.25) is 0 Å². The summed E-state index contributed by atoms with van der Waals surface area (Å²) >= 11 is 0. The van der Waals surface area contributed by atoms with Gasteiger partial charge in [-0.25, -0.2) is 4.98 Å². The highest BCUT2D eigenvalue weighted by Crippen LogP contribution is 2.17. The average Bonchev–Trinajstić information content (AvgIpc) is 3.29. The normalized spacial score (nSPS) is 16.9. The second kappa shape index (κ2) is 8.02. The molecule has 0 spiro atoms. The fourth-order valence-electron chi connectivity index (χ4n) is 3.62. The van der Waals surface area contributed by atoms with E-state index in [1.54, 1.807) is 0 Å². The van der Waals surface area contributed by atoms with Gasteiger partial charge >= 0.3 is 0 Å². The summed E-state index contributed by atoms with van der Waals surface area (Å²) in [5, 5.41) is 3.36. The molecule has 4 rings (SSSR count). The molecule has 1 aliphatic rings. The van der Waals surface area contributed by atoms with E-state index in [0.717, 1.165) is 47.7 Å². The van der Waals surface area contributed by atoms with Crippen LogP contribution in [-0.4, -0.2) is 39.3 Å². The Kier molecular flexibility index (Phi) is 5.30. The molecule has 1 saturated heterocycles. The van der Waals surface area contributed by atoms with Crippen molar-refractivity contribution in [3.05, 3.63) is 65.6 Å². The highest BCUT2D eigenvalue weighted by molar-refractivity contribution is 5.83. The standard InChI is InChI=1S/C22H26N4O2/c1-3-25-12-10-20(22(25)27)23-13-17-6-8-19(9-7-17)28-15-18-14-26-11-4-5-16(2)21(26)24-18/h4-9,11,14,20,23H,3,10,12-13,15H2,1-2H3. The van der Waals surface area contributed by atoms with E-state index >= 15 is 0 Å². The number of carbonyl (C=O) groups is 1. The van der Waals surface area contributed by atoms with Gasteiger partial charge in [0, 0.05) is 32.0 Å². The van der Waals surface area contributed by atoms with E-state index in [2.05, 4.69) is 23.3 Å². The van der Waals surface area contributed by atoms with Crippen molar-refractivity contribution in [2.75, 3.05) is 13.1 Å². The van der Waals surface area contributed by atoms with Crippen LogP contribution >= 0.6 is 0 Å². The molecule has 146 valence electrons. The van der Waals surface area contributed by atoms with Crippen molar-refractivity contribution < 1.29 is 9.53 Å². The number of carbonyl (C=O) groups excluding carboxylic acids is 1. The quantitative estimate of drug-likeness (QED) is 0.687. The van der Waals surface area contributed by atoms with Crippen LogP contribution in [0.3, 0.4) is 0 Å². The smallest absolute Gasteiger partial charge is 0.239 e. The SMILES string of the molecule is CCN1CCC(NCc2ccc(OCc3cn4cccc(C)c4n3)cc2)C1=O. The Bertz CT molecular complexity index is 964. The molecule has 0 radical (unpaired) electrons. The molecule has 28 heavy (non-hydrogen) atoms. The highest BCUT2D eigenvalue weighted by Gasteiger charge is 2.29. The average molecular weight is 378 g/mol. The van der Waals surface area contributed by atoms with Gasteiger partial charge in [-0.05, 0) is 49.6 Å². The van der Waals surface area contributed by atoms with E-state index < -0.39 is 0 Å². The van der Waals surface area contributed by atoms with E-state index in [9.17, 15) is 4.79 Å². The number of aromatic nitrogens is 2. The number of likely N-dealkylation sites (tertiary alicyclic amines) is 1. The summed E-state index contributed by atoms with van der Waals surface area (Å²) in [6.45, 7) is 6.82. The third kappa shape index (κ3) is 3.87. The molecule has 6 nitrogen and oxygen atoms in total. The Morgan fingerprint density at radius 1 is 1.25 bits per heavy atom. The number of nitrogens with one attached hydrogen (secondary N) is 1. The van der Waals surface area contributed by atoms with Gasteiger partial charge in [-0.2, -0.15) is 0 Å². The van der Waals surface area contributed by atoms with Gasteiger partial charge in [0.15, 0.2) is 0 Å². The minimum atomic E-state index is -0.0608. The van der Waals surface area contributed by atoms with Crippen molar-refractivity contribution in [2.24, 2.45) is 0 Å². The fraction of sp³-hybridized carbons (Fsp3) is 0.364. The van der Waals surface area contributed by atoms with E-state index in [-0.39, 0.29) is 11.9 Å². The van der Waals surface area contributed by atoms with Gasteiger partial charge in [0.2, 0.25) is 5.91 Å². The Morgan fingerprint density at radius 2 is 2.07 bits per heavy atom. The molecule has 2 aromatic heterocycles. The summed E-state index contributed by atoms with van der Waals surface area (Å²) in [5.74, 6) is 1.02. The van der Waals surface area contributed by atoms with Crippen molar-refractivity contribution in [3.63, 3.8) is 0 Å². The first-order chi connectivity index (χ1) is 13.6. The lowest BCUT2D eigenvalue weighted by atomic mass is 10.2. The molecule has 1 unspecified atom stereocenters. The van der Waals surface area contributed by atoms with Crippen LogP contribution in [0.1, 0.15) is 30.2 Å². The van der Waals surface area contributed by atoms with Crippen LogP contribution in [0.4, 0.5) is 0 Å². The predicted molar refractivity (Wildman–Crippen MR) is 108 cm³/mol. The summed E-state index contributed by atoms with van der Waals surface area (Å²) in [5.41, 5.74) is 4.15. The third-order valence-corrected chi connectivity index (χ3v) is 5.27. The number of nitrogens with zero attached hydrogens (tertiary/aromatic N) is 3. The molecule has 0 aliphatic carbocycles. The Balaban J connectivity index is 1.30. The number of pyridine rings is 1. The summed E-state index contributed by atoms with van der Waals surface area (Å²) in [6.07, 6.45) is 4.88. The second-order valence-corrected chi connectivity index (χ2v) is 7.23. The molecule has 1 aromatic carbocycles. The Morgan fingerprint density at radius 3 is 2.79 bits per heavy atom. The van der Waals surface area contributed by atoms with Crippen LogP contribution in [0.5, 0.6) is 5.75 Å². The predicted octanol–water partition coefficient (Wildman–Crippen LogP) is 2.93. The van der Waals surface area contributed by atoms with Crippen LogP contribution in [0.25, 0.3) is 5.65 Å². The molecule has 6 heteroatoms. The van der Waals surface area contributed by atoms with Gasteiger partial charge in [-0.3, -0.25) is 4.79 Å². The zero-order valence-electron chi connectivity index (χ0n) is 16.4. The number of likely N-dealkylation sites (N-methyl/N-ethyl adjacent to an activating group) is 1. The zero-order valence-corrected chi connectivity index (χ0v) is 16.4. The number of aryl methyl sites for hydroxylation is 1. The summed E-state index contributed by atoms with van der Waals surface area (Å²) < 4.78 is 7.90. The van der Waals surface area contributed by atoms with E-state index in [4.69, 9.17) is 4.74 Å². The number of fused-ring (bicyclic) bond motifs is 1. The molecule has 0 saturated carbocycles. The zero-order chi connectivity index (χ0) is 19.5. The molecule has 1 amide bonds. The van der Waals surface area contributed by atoms with Gasteiger partial charge in [0.25, 0.3) is 0 Å². The maximum atomic E-state index is 12.2. The third-order valence-electron chi connectivity index (χ3n) is 5.27. The number of ether oxygens (including phenoxy) is 1. The fourth-order valence-corrected chi connectivity index (χ4v) is 3.62. The molecule has 3 aromatic rings. The highest BCUT2D eigenvalue weighted by atomic mass is 16.5. The molecule has 1 fully saturated rings. The number of hydrogen-bond acceptors (Lipinski definition) is 4. The molecule has 3 heterocycles. The maximum absolute atomic E-state index is 12.2. The first-order valence-electron chi connectivity index (χ1n) is 9.81. The van der Waals surface area contributed by atoms with Gasteiger partial charge in [-0.15, -0.1) is 0 Å². The summed E-state index contributed by atoms with van der Waals surface area (Å²) in [6, 6.07) is 12.0. The minimum absolute atomic E-state index is 0.0608.